The molecule has 0 unspecified atom stereocenters. The predicted octanol–water partition coefficient (Wildman–Crippen LogP) is -1.05. The molecule has 0 radical (unpaired) electrons. The van der Waals surface area contributed by atoms with E-state index in [4.69, 9.17) is 0 Å². The third-order valence-corrected chi connectivity index (χ3v) is 1.78. The van der Waals surface area contributed by atoms with E-state index in [0.717, 1.165) is 0 Å². The number of ketones is 1. The van der Waals surface area contributed by atoms with E-state index in [-0.39, 0.29) is 11.1 Å². The van der Waals surface area contributed by atoms with Gasteiger partial charge in [-0.2, -0.15) is 0 Å². The van der Waals surface area contributed by atoms with Crippen LogP contribution >= 0.6 is 0 Å². The first-order valence-corrected chi connectivity index (χ1v) is 3.77. The Morgan fingerprint density at radius 1 is 0.929 bits per heavy atom. The molecular weight excluding hydrogens is 188 g/mol. The highest BCUT2D eigenvalue weighted by Gasteiger charge is 2.17. The fourth-order valence-electron chi connectivity index (χ4n) is 1.10. The molecule has 0 atom stereocenters. The van der Waals surface area contributed by atoms with Crippen molar-refractivity contribution in [2.75, 3.05) is 0 Å². The second-order valence-electron chi connectivity index (χ2n) is 2.64. The Balaban J connectivity index is 2.54. The highest BCUT2D eigenvalue weighted by atomic mass is 16.2. The zero-order chi connectivity index (χ0) is 10.1. The van der Waals surface area contributed by atoms with E-state index in [1.165, 1.54) is 12.4 Å². The summed E-state index contributed by atoms with van der Waals surface area (Å²) < 4.78 is 0. The van der Waals surface area contributed by atoms with Crippen LogP contribution in [-0.2, 0) is 0 Å². The van der Waals surface area contributed by atoms with Crippen molar-refractivity contribution in [2.45, 2.75) is 0 Å². The highest BCUT2D eigenvalue weighted by molar-refractivity contribution is 6.08. The van der Waals surface area contributed by atoms with Crippen LogP contribution in [0.5, 0.6) is 0 Å². The van der Waals surface area contributed by atoms with Crippen molar-refractivity contribution in [3.63, 3.8) is 0 Å². The van der Waals surface area contributed by atoms with Gasteiger partial charge in [0.1, 0.15) is 11.1 Å². The molecule has 0 aromatic carbocycles. The molecule has 0 saturated carbocycles. The lowest BCUT2D eigenvalue weighted by atomic mass is 10.1. The summed E-state index contributed by atoms with van der Waals surface area (Å²) in [5.41, 5.74) is -1.27. The number of nitrogens with one attached hydrogen (secondary N) is 4. The number of hydrogen-bond acceptors (Lipinski definition) is 3. The van der Waals surface area contributed by atoms with Gasteiger partial charge in [0.05, 0.1) is 0 Å². The molecule has 7 heteroatoms. The number of hydrogen-bond donors (Lipinski definition) is 4. The van der Waals surface area contributed by atoms with Crippen LogP contribution in [0.2, 0.25) is 0 Å². The maximum atomic E-state index is 11.5. The lowest BCUT2D eigenvalue weighted by Crippen LogP contribution is -2.18. The zero-order valence-electron chi connectivity index (χ0n) is 6.88. The van der Waals surface area contributed by atoms with E-state index >= 15 is 0 Å². The molecule has 0 fully saturated rings. The first-order chi connectivity index (χ1) is 6.70. The van der Waals surface area contributed by atoms with Gasteiger partial charge in [-0.25, -0.2) is 0 Å². The topological polar surface area (TPSA) is 114 Å². The summed E-state index contributed by atoms with van der Waals surface area (Å²) in [7, 11) is 0. The molecule has 2 heterocycles. The third kappa shape index (κ3) is 1.11. The van der Waals surface area contributed by atoms with Crippen molar-refractivity contribution in [3.8, 4) is 0 Å². The van der Waals surface area contributed by atoms with Crippen molar-refractivity contribution < 1.29 is 4.79 Å². The SMILES string of the molecule is O=C(c1c[nH][nH]c1=O)c1c[nH][nH]c1=O. The summed E-state index contributed by atoms with van der Waals surface area (Å²) in [4.78, 5) is 33.6. The minimum absolute atomic E-state index is 0.0879. The van der Waals surface area contributed by atoms with Gasteiger partial charge in [0.2, 0.25) is 5.78 Å². The summed E-state index contributed by atoms with van der Waals surface area (Å²) in [5.74, 6) is -0.616. The molecule has 0 aliphatic heterocycles. The summed E-state index contributed by atoms with van der Waals surface area (Å²) in [5, 5.41) is 9.17. The van der Waals surface area contributed by atoms with Crippen molar-refractivity contribution in [2.24, 2.45) is 0 Å². The Bertz CT molecular complexity index is 520. The largest absolute Gasteiger partial charge is 0.305 e. The molecule has 2 rings (SSSR count). The van der Waals surface area contributed by atoms with Crippen LogP contribution in [0.3, 0.4) is 0 Å². The molecule has 2 aromatic heterocycles. The lowest BCUT2D eigenvalue weighted by Gasteiger charge is -1.87. The van der Waals surface area contributed by atoms with Gasteiger partial charge < -0.3 is 10.2 Å². The quantitative estimate of drug-likeness (QED) is 0.457. The number of carbonyl (C=O) groups is 1. The Morgan fingerprint density at radius 3 is 1.64 bits per heavy atom. The van der Waals surface area contributed by atoms with E-state index in [9.17, 15) is 14.4 Å². The van der Waals surface area contributed by atoms with Gasteiger partial charge in [0, 0.05) is 12.4 Å². The van der Waals surface area contributed by atoms with Crippen LogP contribution in [0.1, 0.15) is 15.9 Å². The highest BCUT2D eigenvalue weighted by Crippen LogP contribution is 1.97. The summed E-state index contributed by atoms with van der Waals surface area (Å²) >= 11 is 0. The van der Waals surface area contributed by atoms with Gasteiger partial charge in [0.15, 0.2) is 0 Å². The maximum Gasteiger partial charge on any atom is 0.275 e. The average molecular weight is 194 g/mol. The molecule has 2 aromatic rings. The van der Waals surface area contributed by atoms with E-state index in [0.29, 0.717) is 0 Å². The average Bonchev–Trinajstić information content (AvgIpc) is 2.73. The molecule has 0 spiro atoms. The number of rotatable bonds is 2. The second-order valence-corrected chi connectivity index (χ2v) is 2.64. The first-order valence-electron chi connectivity index (χ1n) is 3.77. The van der Waals surface area contributed by atoms with Gasteiger partial charge in [-0.1, -0.05) is 0 Å². The normalized spacial score (nSPS) is 10.3. The fraction of sp³-hybridized carbons (Fsp3) is 0. The second kappa shape index (κ2) is 2.87. The predicted molar refractivity (Wildman–Crippen MR) is 46.3 cm³/mol. The van der Waals surface area contributed by atoms with Gasteiger partial charge in [-0.3, -0.25) is 24.6 Å². The smallest absolute Gasteiger partial charge is 0.275 e. The van der Waals surface area contributed by atoms with Crippen LogP contribution < -0.4 is 11.1 Å². The van der Waals surface area contributed by atoms with Crippen LogP contribution in [-0.4, -0.2) is 26.2 Å². The van der Waals surface area contributed by atoms with Gasteiger partial charge in [0.25, 0.3) is 11.1 Å². The first kappa shape index (κ1) is 8.30. The van der Waals surface area contributed by atoms with E-state index < -0.39 is 16.9 Å². The minimum Gasteiger partial charge on any atom is -0.305 e. The third-order valence-electron chi connectivity index (χ3n) is 1.78. The fourth-order valence-corrected chi connectivity index (χ4v) is 1.10. The molecule has 0 bridgehead atoms. The van der Waals surface area contributed by atoms with E-state index in [1.807, 2.05) is 0 Å². The van der Waals surface area contributed by atoms with Crippen LogP contribution in [0, 0.1) is 0 Å². The minimum atomic E-state index is -0.616. The van der Waals surface area contributed by atoms with Gasteiger partial charge in [-0.05, 0) is 0 Å². The Hall–Kier alpha value is -2.31. The Kier molecular flexibility index (Phi) is 1.70. The molecule has 7 nitrogen and oxygen atoms in total. The molecule has 72 valence electrons. The Labute approximate surface area is 76.1 Å². The molecule has 4 N–H and O–H groups in total. The molecular formula is C7H6N4O3. The molecule has 0 aliphatic rings. The molecule has 0 aliphatic carbocycles. The number of aromatic amines is 4. The van der Waals surface area contributed by atoms with Crippen LogP contribution in [0.4, 0.5) is 0 Å². The number of carbonyl (C=O) groups excluding carboxylic acids is 1. The van der Waals surface area contributed by atoms with Gasteiger partial charge >= 0.3 is 0 Å². The molecule has 0 saturated heterocycles. The number of aromatic nitrogens is 4. The van der Waals surface area contributed by atoms with Crippen molar-refractivity contribution >= 4 is 5.78 Å². The van der Waals surface area contributed by atoms with Crippen molar-refractivity contribution in [3.05, 3.63) is 44.2 Å². The Morgan fingerprint density at radius 2 is 1.36 bits per heavy atom. The number of H-pyrrole nitrogens is 4. The zero-order valence-corrected chi connectivity index (χ0v) is 6.88. The molecule has 14 heavy (non-hydrogen) atoms. The summed E-state index contributed by atoms with van der Waals surface area (Å²) in [6, 6.07) is 0. The van der Waals surface area contributed by atoms with Crippen LogP contribution in [0.25, 0.3) is 0 Å². The van der Waals surface area contributed by atoms with Gasteiger partial charge in [-0.15, -0.1) is 0 Å². The van der Waals surface area contributed by atoms with Crippen molar-refractivity contribution in [1.29, 1.82) is 0 Å². The van der Waals surface area contributed by atoms with Crippen LogP contribution in [0.15, 0.2) is 22.0 Å². The monoisotopic (exact) mass is 194 g/mol. The summed E-state index contributed by atoms with van der Waals surface area (Å²) in [6.07, 6.45) is 2.44. The maximum absolute atomic E-state index is 11.5. The standard InChI is InChI=1S/C7H6N4O3/c12-5(3-1-8-10-6(3)13)4-2-9-11-7(4)14/h1-2H,(H2,8,10,13)(H2,9,11,14). The molecule has 0 amide bonds. The van der Waals surface area contributed by atoms with E-state index in [2.05, 4.69) is 20.4 Å². The van der Waals surface area contributed by atoms with Crippen molar-refractivity contribution in [1.82, 2.24) is 20.4 Å². The summed E-state index contributed by atoms with van der Waals surface area (Å²) in [6.45, 7) is 0. The van der Waals surface area contributed by atoms with E-state index in [1.54, 1.807) is 0 Å². The lowest BCUT2D eigenvalue weighted by molar-refractivity contribution is 0.103.